The Kier molecular flexibility index (Phi) is 3.33. The highest BCUT2D eigenvalue weighted by Gasteiger charge is 2.33. The molecule has 0 radical (unpaired) electrons. The van der Waals surface area contributed by atoms with Crippen molar-refractivity contribution < 1.29 is 9.53 Å². The summed E-state index contributed by atoms with van der Waals surface area (Å²) in [4.78, 5) is 11.8. The van der Waals surface area contributed by atoms with E-state index < -0.39 is 6.04 Å². The van der Waals surface area contributed by atoms with E-state index in [1.54, 1.807) is 0 Å². The van der Waals surface area contributed by atoms with Crippen molar-refractivity contribution in [3.8, 4) is 0 Å². The lowest BCUT2D eigenvalue weighted by Gasteiger charge is -2.19. The van der Waals surface area contributed by atoms with E-state index in [1.807, 2.05) is 13.8 Å². The Morgan fingerprint density at radius 1 is 1.56 bits per heavy atom. The normalized spacial score (nSPS) is 27.1. The van der Waals surface area contributed by atoms with Crippen molar-refractivity contribution in [2.45, 2.75) is 52.0 Å². The SMILES string of the molecule is CC[C@H](C)[C@H](N)C(=O)OC1=C2CCC(C2)C1. The van der Waals surface area contributed by atoms with Gasteiger partial charge in [0.2, 0.25) is 0 Å². The van der Waals surface area contributed by atoms with Crippen LogP contribution in [0.15, 0.2) is 11.3 Å². The molecule has 1 saturated carbocycles. The van der Waals surface area contributed by atoms with E-state index in [-0.39, 0.29) is 11.9 Å². The highest BCUT2D eigenvalue weighted by Crippen LogP contribution is 2.44. The Bertz CT molecular complexity index is 322. The number of ether oxygens (including phenoxy) is 1. The van der Waals surface area contributed by atoms with Gasteiger partial charge in [-0.05, 0) is 36.7 Å². The maximum absolute atomic E-state index is 11.8. The van der Waals surface area contributed by atoms with Crippen molar-refractivity contribution >= 4 is 5.97 Å². The number of hydrogen-bond donors (Lipinski definition) is 1. The van der Waals surface area contributed by atoms with Gasteiger partial charge in [-0.1, -0.05) is 20.3 Å². The van der Waals surface area contributed by atoms with Gasteiger partial charge in [0.25, 0.3) is 0 Å². The zero-order valence-corrected chi connectivity index (χ0v) is 10.2. The van der Waals surface area contributed by atoms with E-state index in [0.29, 0.717) is 0 Å². The molecule has 0 spiro atoms. The van der Waals surface area contributed by atoms with Gasteiger partial charge in [-0.15, -0.1) is 0 Å². The molecule has 0 aromatic rings. The Morgan fingerprint density at radius 2 is 2.31 bits per heavy atom. The molecule has 0 heterocycles. The molecule has 2 aliphatic rings. The molecule has 16 heavy (non-hydrogen) atoms. The fourth-order valence-corrected chi connectivity index (χ4v) is 2.55. The number of allylic oxidation sites excluding steroid dienone is 2. The van der Waals surface area contributed by atoms with Crippen LogP contribution in [0.25, 0.3) is 0 Å². The molecular weight excluding hydrogens is 202 g/mol. The fourth-order valence-electron chi connectivity index (χ4n) is 2.55. The third-order valence-electron chi connectivity index (χ3n) is 4.01. The predicted molar refractivity (Wildman–Crippen MR) is 62.5 cm³/mol. The van der Waals surface area contributed by atoms with Gasteiger partial charge in [0.15, 0.2) is 0 Å². The van der Waals surface area contributed by atoms with Crippen molar-refractivity contribution in [3.05, 3.63) is 11.3 Å². The number of esters is 1. The zero-order valence-electron chi connectivity index (χ0n) is 10.2. The molecule has 3 atom stereocenters. The maximum atomic E-state index is 11.8. The zero-order chi connectivity index (χ0) is 11.7. The van der Waals surface area contributed by atoms with E-state index in [0.717, 1.165) is 37.4 Å². The topological polar surface area (TPSA) is 52.3 Å². The largest absolute Gasteiger partial charge is 0.430 e. The Balaban J connectivity index is 1.93. The minimum absolute atomic E-state index is 0.191. The number of nitrogens with two attached hydrogens (primary N) is 1. The summed E-state index contributed by atoms with van der Waals surface area (Å²) < 4.78 is 5.45. The molecule has 2 rings (SSSR count). The third-order valence-corrected chi connectivity index (χ3v) is 4.01. The van der Waals surface area contributed by atoms with Gasteiger partial charge >= 0.3 is 5.97 Å². The van der Waals surface area contributed by atoms with Gasteiger partial charge < -0.3 is 10.5 Å². The maximum Gasteiger partial charge on any atom is 0.328 e. The average molecular weight is 223 g/mol. The van der Waals surface area contributed by atoms with Crippen LogP contribution in [0.3, 0.4) is 0 Å². The van der Waals surface area contributed by atoms with Gasteiger partial charge in [0.1, 0.15) is 11.8 Å². The van der Waals surface area contributed by atoms with Crippen molar-refractivity contribution in [3.63, 3.8) is 0 Å². The second-order valence-corrected chi connectivity index (χ2v) is 5.17. The molecule has 90 valence electrons. The second kappa shape index (κ2) is 4.58. The van der Waals surface area contributed by atoms with E-state index in [9.17, 15) is 4.79 Å². The van der Waals surface area contributed by atoms with Gasteiger partial charge in [0.05, 0.1) is 0 Å². The molecule has 0 aromatic carbocycles. The van der Waals surface area contributed by atoms with Crippen LogP contribution in [0.1, 0.15) is 46.0 Å². The number of carbonyl (C=O) groups excluding carboxylic acids is 1. The van der Waals surface area contributed by atoms with Crippen LogP contribution in [0.5, 0.6) is 0 Å². The van der Waals surface area contributed by atoms with Crippen molar-refractivity contribution in [2.24, 2.45) is 17.6 Å². The Labute approximate surface area is 97.0 Å². The highest BCUT2D eigenvalue weighted by atomic mass is 16.5. The molecule has 2 aliphatic carbocycles. The summed E-state index contributed by atoms with van der Waals surface area (Å²) >= 11 is 0. The lowest BCUT2D eigenvalue weighted by Crippen LogP contribution is -2.37. The summed E-state index contributed by atoms with van der Waals surface area (Å²) in [7, 11) is 0. The first-order chi connectivity index (χ1) is 7.61. The summed E-state index contributed by atoms with van der Waals surface area (Å²) in [6.07, 6.45) is 5.39. The minimum Gasteiger partial charge on any atom is -0.430 e. The lowest BCUT2D eigenvalue weighted by atomic mass is 10.0. The van der Waals surface area contributed by atoms with Crippen molar-refractivity contribution in [1.29, 1.82) is 0 Å². The number of hydrogen-bond acceptors (Lipinski definition) is 3. The van der Waals surface area contributed by atoms with Crippen LogP contribution in [0, 0.1) is 11.8 Å². The van der Waals surface area contributed by atoms with Crippen LogP contribution < -0.4 is 5.73 Å². The summed E-state index contributed by atoms with van der Waals surface area (Å²) in [6.45, 7) is 4.03. The number of fused-ring (bicyclic) bond motifs is 2. The average Bonchev–Trinajstić information content (AvgIpc) is 2.88. The smallest absolute Gasteiger partial charge is 0.328 e. The van der Waals surface area contributed by atoms with Crippen LogP contribution >= 0.6 is 0 Å². The third kappa shape index (κ3) is 2.14. The molecule has 2 bridgehead atoms. The van der Waals surface area contributed by atoms with Crippen LogP contribution in [0.2, 0.25) is 0 Å². The molecule has 0 aromatic heterocycles. The molecule has 3 nitrogen and oxygen atoms in total. The molecule has 0 aliphatic heterocycles. The van der Waals surface area contributed by atoms with Gasteiger partial charge in [0, 0.05) is 6.42 Å². The van der Waals surface area contributed by atoms with Crippen LogP contribution in [-0.4, -0.2) is 12.0 Å². The minimum atomic E-state index is -0.475. The van der Waals surface area contributed by atoms with Crippen LogP contribution in [-0.2, 0) is 9.53 Å². The number of rotatable bonds is 4. The van der Waals surface area contributed by atoms with E-state index >= 15 is 0 Å². The van der Waals surface area contributed by atoms with Gasteiger partial charge in [-0.3, -0.25) is 0 Å². The van der Waals surface area contributed by atoms with E-state index in [1.165, 1.54) is 12.0 Å². The number of carbonyl (C=O) groups is 1. The monoisotopic (exact) mass is 223 g/mol. The molecule has 0 saturated heterocycles. The second-order valence-electron chi connectivity index (χ2n) is 5.17. The molecule has 3 heteroatoms. The van der Waals surface area contributed by atoms with Gasteiger partial charge in [-0.2, -0.15) is 0 Å². The standard InChI is InChI=1S/C13H21NO2/c1-3-8(2)12(14)13(15)16-11-7-9-4-5-10(11)6-9/h8-9,12H,3-7,14H2,1-2H3/t8-,9?,12-/m0/s1. The van der Waals surface area contributed by atoms with Crippen LogP contribution in [0.4, 0.5) is 0 Å². The first kappa shape index (κ1) is 11.6. The van der Waals surface area contributed by atoms with E-state index in [4.69, 9.17) is 10.5 Å². The lowest BCUT2D eigenvalue weighted by molar-refractivity contribution is -0.142. The summed E-state index contributed by atoms with van der Waals surface area (Å²) in [5.41, 5.74) is 7.21. The fraction of sp³-hybridized carbons (Fsp3) is 0.769. The first-order valence-electron chi connectivity index (χ1n) is 6.30. The van der Waals surface area contributed by atoms with Crippen molar-refractivity contribution in [1.82, 2.24) is 0 Å². The summed E-state index contributed by atoms with van der Waals surface area (Å²) in [6, 6.07) is -0.475. The summed E-state index contributed by atoms with van der Waals surface area (Å²) in [5.74, 6) is 1.61. The first-order valence-corrected chi connectivity index (χ1v) is 6.30. The molecule has 1 unspecified atom stereocenters. The van der Waals surface area contributed by atoms with Gasteiger partial charge in [-0.25, -0.2) is 4.79 Å². The molecule has 0 amide bonds. The molecule has 2 N–H and O–H groups in total. The molecular formula is C13H21NO2. The van der Waals surface area contributed by atoms with E-state index in [2.05, 4.69) is 0 Å². The van der Waals surface area contributed by atoms with Crippen molar-refractivity contribution in [2.75, 3.05) is 0 Å². The summed E-state index contributed by atoms with van der Waals surface area (Å²) in [5, 5.41) is 0. The quantitative estimate of drug-likeness (QED) is 0.744. The Morgan fingerprint density at radius 3 is 2.81 bits per heavy atom. The Hall–Kier alpha value is -0.830. The highest BCUT2D eigenvalue weighted by molar-refractivity contribution is 5.77. The predicted octanol–water partition coefficient (Wildman–Crippen LogP) is 2.36. The molecule has 1 fully saturated rings.